The monoisotopic (exact) mass is 497 g/mol. The van der Waals surface area contributed by atoms with Gasteiger partial charge in [-0.3, -0.25) is 9.52 Å². The normalized spacial score (nSPS) is 14.0. The predicted molar refractivity (Wildman–Crippen MR) is 137 cm³/mol. The number of sulfonamides is 1. The first-order valence-electron chi connectivity index (χ1n) is 11.3. The molecule has 34 heavy (non-hydrogen) atoms. The molecule has 0 aromatic heterocycles. The van der Waals surface area contributed by atoms with Gasteiger partial charge in [0.25, 0.3) is 15.9 Å². The molecule has 3 aromatic carbocycles. The Labute approximate surface area is 206 Å². The lowest BCUT2D eigenvalue weighted by Gasteiger charge is -2.31. The van der Waals surface area contributed by atoms with Crippen LogP contribution in [0.5, 0.6) is 0 Å². The van der Waals surface area contributed by atoms with Crippen molar-refractivity contribution in [1.29, 1.82) is 0 Å². The van der Waals surface area contributed by atoms with Crippen molar-refractivity contribution in [2.45, 2.75) is 37.6 Å². The molecule has 0 saturated carbocycles. The average Bonchev–Trinajstić information content (AvgIpc) is 2.84. The molecule has 0 atom stereocenters. The van der Waals surface area contributed by atoms with E-state index in [1.807, 2.05) is 31.2 Å². The second-order valence-corrected chi connectivity index (χ2v) is 10.6. The Morgan fingerprint density at radius 1 is 0.971 bits per heavy atom. The molecule has 1 saturated heterocycles. The number of nitrogens with zero attached hydrogens (tertiary/aromatic N) is 1. The van der Waals surface area contributed by atoms with Crippen LogP contribution in [0.15, 0.2) is 71.6 Å². The third kappa shape index (κ3) is 5.72. The smallest absolute Gasteiger partial charge is 0.261 e. The first-order valence-corrected chi connectivity index (χ1v) is 13.2. The van der Waals surface area contributed by atoms with Crippen LogP contribution in [0.3, 0.4) is 0 Å². The largest absolute Gasteiger partial charge is 0.370 e. The summed E-state index contributed by atoms with van der Waals surface area (Å²) >= 11 is 6.19. The highest BCUT2D eigenvalue weighted by Gasteiger charge is 2.21. The number of hydrogen-bond donors (Lipinski definition) is 2. The van der Waals surface area contributed by atoms with Crippen LogP contribution in [0, 0.1) is 6.92 Å². The number of benzene rings is 3. The number of carbonyl (C=O) groups excluding carboxylic acids is 1. The van der Waals surface area contributed by atoms with Gasteiger partial charge in [-0.1, -0.05) is 47.5 Å². The zero-order valence-electron chi connectivity index (χ0n) is 19.1. The summed E-state index contributed by atoms with van der Waals surface area (Å²) < 4.78 is 29.0. The second-order valence-electron chi connectivity index (χ2n) is 8.47. The molecule has 6 nitrogen and oxygen atoms in total. The van der Waals surface area contributed by atoms with Crippen LogP contribution in [0.2, 0.25) is 5.02 Å². The SMILES string of the molecule is Cc1ccc(S(=O)(=O)Nc2cc(C(=O)NCc3ccccc3Cl)ccc2N2CCCCC2)cc1. The summed E-state index contributed by atoms with van der Waals surface area (Å²) in [5, 5.41) is 3.45. The number of carbonyl (C=O) groups is 1. The van der Waals surface area contributed by atoms with Crippen LogP contribution in [-0.4, -0.2) is 27.4 Å². The van der Waals surface area contributed by atoms with Crippen LogP contribution in [0.1, 0.15) is 40.7 Å². The van der Waals surface area contributed by atoms with Crippen molar-refractivity contribution in [2.75, 3.05) is 22.7 Å². The molecule has 1 fully saturated rings. The van der Waals surface area contributed by atoms with Gasteiger partial charge in [-0.15, -0.1) is 0 Å². The molecule has 2 N–H and O–H groups in total. The molecule has 4 rings (SSSR count). The first-order chi connectivity index (χ1) is 16.3. The Balaban J connectivity index is 1.62. The third-order valence-electron chi connectivity index (χ3n) is 5.93. The lowest BCUT2D eigenvalue weighted by molar-refractivity contribution is 0.0951. The van der Waals surface area contributed by atoms with E-state index in [1.165, 1.54) is 0 Å². The molecule has 0 radical (unpaired) electrons. The highest BCUT2D eigenvalue weighted by atomic mass is 35.5. The fraction of sp³-hybridized carbons (Fsp3) is 0.269. The molecule has 1 amide bonds. The summed E-state index contributed by atoms with van der Waals surface area (Å²) in [5.74, 6) is -0.305. The minimum absolute atomic E-state index is 0.177. The summed E-state index contributed by atoms with van der Waals surface area (Å²) in [5.41, 5.74) is 3.33. The number of aryl methyl sites for hydroxylation is 1. The number of hydrogen-bond acceptors (Lipinski definition) is 4. The minimum atomic E-state index is -3.82. The van der Waals surface area contributed by atoms with Gasteiger partial charge >= 0.3 is 0 Å². The number of nitrogens with one attached hydrogen (secondary N) is 2. The second kappa shape index (κ2) is 10.5. The van der Waals surface area contributed by atoms with Crippen molar-refractivity contribution in [2.24, 2.45) is 0 Å². The molecular formula is C26H28ClN3O3S. The fourth-order valence-electron chi connectivity index (χ4n) is 4.01. The van der Waals surface area contributed by atoms with Crippen molar-refractivity contribution < 1.29 is 13.2 Å². The Bertz CT molecular complexity index is 1270. The van der Waals surface area contributed by atoms with Crippen molar-refractivity contribution >= 4 is 38.9 Å². The maximum absolute atomic E-state index is 13.1. The van der Waals surface area contributed by atoms with E-state index in [-0.39, 0.29) is 17.3 Å². The molecule has 178 valence electrons. The van der Waals surface area contributed by atoms with E-state index >= 15 is 0 Å². The quantitative estimate of drug-likeness (QED) is 0.460. The summed E-state index contributed by atoms with van der Waals surface area (Å²) in [6.45, 7) is 3.87. The van der Waals surface area contributed by atoms with E-state index in [1.54, 1.807) is 42.5 Å². The lowest BCUT2D eigenvalue weighted by atomic mass is 10.1. The van der Waals surface area contributed by atoms with Crippen molar-refractivity contribution in [1.82, 2.24) is 5.32 Å². The van der Waals surface area contributed by atoms with E-state index in [4.69, 9.17) is 11.6 Å². The van der Waals surface area contributed by atoms with Crippen LogP contribution < -0.4 is 14.9 Å². The van der Waals surface area contributed by atoms with Crippen molar-refractivity contribution in [3.63, 3.8) is 0 Å². The van der Waals surface area contributed by atoms with Gasteiger partial charge in [0.05, 0.1) is 16.3 Å². The van der Waals surface area contributed by atoms with Gasteiger partial charge < -0.3 is 10.2 Å². The number of halogens is 1. The molecule has 0 spiro atoms. The molecule has 1 aliphatic heterocycles. The maximum Gasteiger partial charge on any atom is 0.261 e. The number of amides is 1. The number of piperidine rings is 1. The standard InChI is InChI=1S/C26H28ClN3O3S/c1-19-9-12-22(13-10-19)34(32,33)29-24-17-20(11-14-25(24)30-15-5-2-6-16-30)26(31)28-18-21-7-3-4-8-23(21)27/h3-4,7-14,17,29H,2,5-6,15-16,18H2,1H3,(H,28,31). The lowest BCUT2D eigenvalue weighted by Crippen LogP contribution is -2.31. The van der Waals surface area contributed by atoms with Gasteiger partial charge in [-0.25, -0.2) is 8.42 Å². The van der Waals surface area contributed by atoms with E-state index < -0.39 is 10.0 Å². The summed E-state index contributed by atoms with van der Waals surface area (Å²) in [7, 11) is -3.82. The average molecular weight is 498 g/mol. The van der Waals surface area contributed by atoms with Crippen LogP contribution in [0.25, 0.3) is 0 Å². The molecule has 1 heterocycles. The topological polar surface area (TPSA) is 78.5 Å². The number of anilines is 2. The summed E-state index contributed by atoms with van der Waals surface area (Å²) in [6, 6.07) is 19.2. The highest BCUT2D eigenvalue weighted by Crippen LogP contribution is 2.31. The maximum atomic E-state index is 13.1. The summed E-state index contributed by atoms with van der Waals surface area (Å²) in [4.78, 5) is 15.2. The molecule has 8 heteroatoms. The molecule has 0 unspecified atom stereocenters. The van der Waals surface area contributed by atoms with Gasteiger partial charge in [0.2, 0.25) is 0 Å². The van der Waals surface area contributed by atoms with Gasteiger partial charge in [0.1, 0.15) is 0 Å². The fourth-order valence-corrected chi connectivity index (χ4v) is 5.28. The predicted octanol–water partition coefficient (Wildman–Crippen LogP) is 5.37. The van der Waals surface area contributed by atoms with E-state index in [0.29, 0.717) is 16.3 Å². The molecule has 0 bridgehead atoms. The van der Waals surface area contributed by atoms with Gasteiger partial charge in [0.15, 0.2) is 0 Å². The molecular weight excluding hydrogens is 470 g/mol. The van der Waals surface area contributed by atoms with Crippen molar-refractivity contribution in [3.8, 4) is 0 Å². The summed E-state index contributed by atoms with van der Waals surface area (Å²) in [6.07, 6.45) is 3.25. The minimum Gasteiger partial charge on any atom is -0.370 e. The zero-order valence-corrected chi connectivity index (χ0v) is 20.6. The van der Waals surface area contributed by atoms with Gasteiger partial charge in [-0.2, -0.15) is 0 Å². The Morgan fingerprint density at radius 3 is 2.38 bits per heavy atom. The third-order valence-corrected chi connectivity index (χ3v) is 7.68. The van der Waals surface area contributed by atoms with Crippen LogP contribution >= 0.6 is 11.6 Å². The Kier molecular flexibility index (Phi) is 7.44. The Morgan fingerprint density at radius 2 is 1.68 bits per heavy atom. The molecule has 0 aliphatic carbocycles. The Hall–Kier alpha value is -3.03. The molecule has 1 aliphatic rings. The van der Waals surface area contributed by atoms with Gasteiger partial charge in [0, 0.05) is 30.2 Å². The van der Waals surface area contributed by atoms with E-state index in [0.717, 1.165) is 49.2 Å². The zero-order chi connectivity index (χ0) is 24.1. The van der Waals surface area contributed by atoms with Crippen molar-refractivity contribution in [3.05, 3.63) is 88.4 Å². The first kappa shape index (κ1) is 24.1. The van der Waals surface area contributed by atoms with Crippen LogP contribution in [0.4, 0.5) is 11.4 Å². The van der Waals surface area contributed by atoms with Gasteiger partial charge in [-0.05, 0) is 68.1 Å². The number of rotatable bonds is 7. The van der Waals surface area contributed by atoms with E-state index in [2.05, 4.69) is 14.9 Å². The van der Waals surface area contributed by atoms with Crippen LogP contribution in [-0.2, 0) is 16.6 Å². The molecule has 3 aromatic rings. The highest BCUT2D eigenvalue weighted by molar-refractivity contribution is 7.92. The van der Waals surface area contributed by atoms with E-state index in [9.17, 15) is 13.2 Å².